The number of halogens is 2. The Labute approximate surface area is 286 Å². The molecule has 3 aliphatic heterocycles. The van der Waals surface area contributed by atoms with Crippen LogP contribution in [0.1, 0.15) is 44.7 Å². The first-order valence-corrected chi connectivity index (χ1v) is 17.0. The van der Waals surface area contributed by atoms with Gasteiger partial charge in [0, 0.05) is 80.5 Å². The average molecular weight is 679 g/mol. The number of piperidine rings is 1. The molecule has 3 aliphatic rings. The molecule has 0 saturated carbocycles. The molecule has 256 valence electrons. The fraction of sp³-hybridized carbons (Fsp3) is 0.457. The normalized spacial score (nSPS) is 19.5. The lowest BCUT2D eigenvalue weighted by Crippen LogP contribution is -2.54. The third-order valence-corrected chi connectivity index (χ3v) is 9.76. The van der Waals surface area contributed by atoms with Gasteiger partial charge in [0.15, 0.2) is 5.82 Å². The monoisotopic (exact) mass is 678 g/mol. The number of anilines is 5. The topological polar surface area (TPSA) is 98.3 Å². The van der Waals surface area contributed by atoms with Gasteiger partial charge in [-0.05, 0) is 51.0 Å². The molecule has 1 unspecified atom stereocenters. The molecular weight excluding hydrogens is 635 g/mol. The van der Waals surface area contributed by atoms with Gasteiger partial charge < -0.3 is 20.3 Å². The van der Waals surface area contributed by atoms with E-state index >= 15 is 0 Å². The fourth-order valence-corrected chi connectivity index (χ4v) is 7.05. The number of methoxy groups -OCH3 is 1. The molecule has 3 fully saturated rings. The number of hydroxylamine groups is 1. The van der Waals surface area contributed by atoms with E-state index in [1.165, 1.54) is 18.5 Å². The highest BCUT2D eigenvalue weighted by Gasteiger charge is 2.32. The number of carbonyl (C=O) groups is 1. The highest BCUT2D eigenvalue weighted by Crippen LogP contribution is 2.41. The lowest BCUT2D eigenvalue weighted by atomic mass is 10.0. The Morgan fingerprint density at radius 3 is 2.52 bits per heavy atom. The van der Waals surface area contributed by atoms with Crippen molar-refractivity contribution in [2.75, 3.05) is 73.6 Å². The second kappa shape index (κ2) is 15.1. The van der Waals surface area contributed by atoms with Gasteiger partial charge in [-0.1, -0.05) is 24.2 Å². The number of carbonyl (C=O) groups excluding carboxylic acids is 1. The van der Waals surface area contributed by atoms with Crippen LogP contribution in [0.3, 0.4) is 0 Å². The first-order chi connectivity index (χ1) is 23.2. The minimum absolute atomic E-state index is 0.304. The van der Waals surface area contributed by atoms with Crippen molar-refractivity contribution in [3.05, 3.63) is 71.8 Å². The van der Waals surface area contributed by atoms with Crippen LogP contribution in [-0.2, 0) is 9.63 Å². The van der Waals surface area contributed by atoms with E-state index in [0.717, 1.165) is 57.8 Å². The molecule has 3 saturated heterocycles. The highest BCUT2D eigenvalue weighted by molar-refractivity contribution is 6.30. The van der Waals surface area contributed by atoms with E-state index in [1.807, 2.05) is 12.1 Å². The van der Waals surface area contributed by atoms with Crippen LogP contribution < -0.4 is 25.3 Å². The molecule has 3 aromatic rings. The molecule has 2 N–H and O–H groups in total. The molecule has 1 amide bonds. The Kier molecular flexibility index (Phi) is 10.6. The van der Waals surface area contributed by atoms with Crippen molar-refractivity contribution in [3.63, 3.8) is 0 Å². The van der Waals surface area contributed by atoms with Crippen LogP contribution in [0.15, 0.2) is 55.4 Å². The zero-order valence-corrected chi connectivity index (χ0v) is 28.5. The standard InChI is InChI=1S/C35H44ClFN8O3/c1-5-35(46)41-28-19-29(32(47-4)20-31(28)44-11-8-25(9-12-44)43-15-13-42(14-16-43)23(2)3)40-33-21-34(39-22-38-33)45-30(10-17-48-45)26-7-6-24(36)18-27(26)37/h5-7,18-23,25,30H,1,8-17H2,2-4H3,(H,41,46)(H,38,39,40). The van der Waals surface area contributed by atoms with E-state index in [9.17, 15) is 9.18 Å². The second-order valence-corrected chi connectivity index (χ2v) is 13.1. The predicted octanol–water partition coefficient (Wildman–Crippen LogP) is 6.02. The Balaban J connectivity index is 1.20. The predicted molar refractivity (Wildman–Crippen MR) is 188 cm³/mol. The molecule has 13 heteroatoms. The molecule has 1 atom stereocenters. The first-order valence-electron chi connectivity index (χ1n) is 16.6. The van der Waals surface area contributed by atoms with Crippen molar-refractivity contribution >= 4 is 46.2 Å². The van der Waals surface area contributed by atoms with Crippen LogP contribution >= 0.6 is 11.6 Å². The largest absolute Gasteiger partial charge is 0.494 e. The number of piperazine rings is 1. The molecule has 48 heavy (non-hydrogen) atoms. The molecule has 6 rings (SSSR count). The van der Waals surface area contributed by atoms with Crippen LogP contribution in [0.4, 0.5) is 33.1 Å². The maximum absolute atomic E-state index is 14.8. The summed E-state index contributed by atoms with van der Waals surface area (Å²) in [6.45, 7) is 14.7. The molecule has 0 bridgehead atoms. The summed E-state index contributed by atoms with van der Waals surface area (Å²) < 4.78 is 20.7. The summed E-state index contributed by atoms with van der Waals surface area (Å²) in [4.78, 5) is 34.8. The van der Waals surface area contributed by atoms with Gasteiger partial charge in [-0.25, -0.2) is 19.4 Å². The molecule has 0 aliphatic carbocycles. The van der Waals surface area contributed by atoms with Crippen LogP contribution in [0, 0.1) is 5.82 Å². The number of benzene rings is 2. The van der Waals surface area contributed by atoms with E-state index in [0.29, 0.717) is 64.5 Å². The highest BCUT2D eigenvalue weighted by atomic mass is 35.5. The molecule has 0 radical (unpaired) electrons. The molecule has 0 spiro atoms. The van der Waals surface area contributed by atoms with Crippen LogP contribution in [0.2, 0.25) is 5.02 Å². The summed E-state index contributed by atoms with van der Waals surface area (Å²) in [5, 5.41) is 8.26. The van der Waals surface area contributed by atoms with Crippen molar-refractivity contribution in [3.8, 4) is 5.75 Å². The van der Waals surface area contributed by atoms with Crippen molar-refractivity contribution in [1.29, 1.82) is 0 Å². The Hall–Kier alpha value is -3.97. The van der Waals surface area contributed by atoms with E-state index in [-0.39, 0.29) is 11.9 Å². The quantitative estimate of drug-likeness (QED) is 0.248. The average Bonchev–Trinajstić information content (AvgIpc) is 3.58. The second-order valence-electron chi connectivity index (χ2n) is 12.7. The van der Waals surface area contributed by atoms with Gasteiger partial charge in [-0.2, -0.15) is 0 Å². The van der Waals surface area contributed by atoms with Gasteiger partial charge in [0.1, 0.15) is 23.7 Å². The number of rotatable bonds is 10. The van der Waals surface area contributed by atoms with E-state index in [4.69, 9.17) is 21.2 Å². The molecule has 4 heterocycles. The number of aromatic nitrogens is 2. The van der Waals surface area contributed by atoms with E-state index in [1.54, 1.807) is 30.4 Å². The Morgan fingerprint density at radius 2 is 1.83 bits per heavy atom. The van der Waals surface area contributed by atoms with Crippen molar-refractivity contribution < 1.29 is 18.8 Å². The van der Waals surface area contributed by atoms with Gasteiger partial charge in [-0.3, -0.25) is 19.4 Å². The van der Waals surface area contributed by atoms with Crippen LogP contribution in [0.25, 0.3) is 0 Å². The minimum Gasteiger partial charge on any atom is -0.494 e. The lowest BCUT2D eigenvalue weighted by Gasteiger charge is -2.44. The SMILES string of the molecule is C=CC(=O)Nc1cc(Nc2cc(N3OCCC3c3ccc(Cl)cc3F)ncn2)c(OC)cc1N1CCC(N2CCN(C(C)C)CC2)CC1. The van der Waals surface area contributed by atoms with Crippen molar-refractivity contribution in [2.45, 2.75) is 51.2 Å². The van der Waals surface area contributed by atoms with Crippen LogP contribution in [0.5, 0.6) is 5.75 Å². The zero-order valence-electron chi connectivity index (χ0n) is 27.8. The minimum atomic E-state index is -0.400. The Morgan fingerprint density at radius 1 is 1.06 bits per heavy atom. The van der Waals surface area contributed by atoms with Gasteiger partial charge >= 0.3 is 0 Å². The molecule has 11 nitrogen and oxygen atoms in total. The third-order valence-electron chi connectivity index (χ3n) is 9.53. The van der Waals surface area contributed by atoms with Crippen molar-refractivity contribution in [1.82, 2.24) is 19.8 Å². The van der Waals surface area contributed by atoms with Crippen LogP contribution in [-0.4, -0.2) is 90.7 Å². The molecular formula is C35H44ClFN8O3. The number of hydrogen-bond acceptors (Lipinski definition) is 10. The molecule has 1 aromatic heterocycles. The fourth-order valence-electron chi connectivity index (χ4n) is 6.90. The lowest BCUT2D eigenvalue weighted by molar-refractivity contribution is -0.111. The van der Waals surface area contributed by atoms with Crippen molar-refractivity contribution in [2.24, 2.45) is 0 Å². The number of ether oxygens (including phenoxy) is 1. The maximum Gasteiger partial charge on any atom is 0.247 e. The summed E-state index contributed by atoms with van der Waals surface area (Å²) >= 11 is 5.99. The van der Waals surface area contributed by atoms with E-state index < -0.39 is 5.82 Å². The smallest absolute Gasteiger partial charge is 0.247 e. The summed E-state index contributed by atoms with van der Waals surface area (Å²) in [5.74, 6) is 0.821. The Bertz CT molecular complexity index is 1610. The summed E-state index contributed by atoms with van der Waals surface area (Å²) in [5.41, 5.74) is 2.61. The summed E-state index contributed by atoms with van der Waals surface area (Å²) in [7, 11) is 1.62. The summed E-state index contributed by atoms with van der Waals surface area (Å²) in [6, 6.07) is 10.9. The van der Waals surface area contributed by atoms with E-state index in [2.05, 4.69) is 55.7 Å². The third kappa shape index (κ3) is 7.52. The molecule has 2 aromatic carbocycles. The van der Waals surface area contributed by atoms with Gasteiger partial charge in [0.05, 0.1) is 36.8 Å². The first kappa shape index (κ1) is 33.9. The van der Waals surface area contributed by atoms with Gasteiger partial charge in [-0.15, -0.1) is 0 Å². The number of hydrogen-bond donors (Lipinski definition) is 2. The zero-order chi connectivity index (χ0) is 33.8. The maximum atomic E-state index is 14.8. The van der Waals surface area contributed by atoms with Gasteiger partial charge in [0.2, 0.25) is 5.91 Å². The van der Waals surface area contributed by atoms with Gasteiger partial charge in [0.25, 0.3) is 0 Å². The number of amides is 1. The summed E-state index contributed by atoms with van der Waals surface area (Å²) in [6.07, 6.45) is 5.35. The number of nitrogens with one attached hydrogen (secondary N) is 2. The number of nitrogens with zero attached hydrogens (tertiary/aromatic N) is 6.